The number of rotatable bonds is 10. The van der Waals surface area contributed by atoms with Crippen LogP contribution in [0.5, 0.6) is 5.75 Å². The Labute approximate surface area is 215 Å². The first-order valence-electron chi connectivity index (χ1n) is 12.5. The zero-order valence-electron chi connectivity index (χ0n) is 23.2. The predicted octanol–water partition coefficient (Wildman–Crippen LogP) is 3.89. The molecule has 0 aromatic heterocycles. The van der Waals surface area contributed by atoms with Crippen molar-refractivity contribution in [1.29, 1.82) is 0 Å². The number of aromatic hydroxyl groups is 1. The fourth-order valence-electron chi connectivity index (χ4n) is 3.70. The Morgan fingerprint density at radius 2 is 1.64 bits per heavy atom. The fraction of sp³-hybridized carbons (Fsp3) is 0.667. The summed E-state index contributed by atoms with van der Waals surface area (Å²) in [5.74, 6) is -0.752. The number of phenols is 1. The van der Waals surface area contributed by atoms with Crippen molar-refractivity contribution in [3.63, 3.8) is 0 Å². The van der Waals surface area contributed by atoms with Gasteiger partial charge in [-0.05, 0) is 84.9 Å². The molecule has 0 fully saturated rings. The van der Waals surface area contributed by atoms with Gasteiger partial charge in [0.2, 0.25) is 11.8 Å². The lowest BCUT2D eigenvalue weighted by Gasteiger charge is -2.39. The number of carbonyl (C=O) groups is 3. The summed E-state index contributed by atoms with van der Waals surface area (Å²) >= 11 is 0. The Morgan fingerprint density at radius 1 is 1.03 bits per heavy atom. The third-order valence-electron chi connectivity index (χ3n) is 5.27. The van der Waals surface area contributed by atoms with Crippen molar-refractivity contribution in [2.24, 2.45) is 5.92 Å². The van der Waals surface area contributed by atoms with Crippen LogP contribution in [0.2, 0.25) is 0 Å². The fourth-order valence-corrected chi connectivity index (χ4v) is 3.70. The first kappa shape index (κ1) is 31.2. The predicted molar refractivity (Wildman–Crippen MR) is 139 cm³/mol. The summed E-state index contributed by atoms with van der Waals surface area (Å²) in [4.78, 5) is 41.3. The van der Waals surface area contributed by atoms with E-state index in [2.05, 4.69) is 24.5 Å². The number of aliphatic hydroxyl groups excluding tert-OH is 1. The quantitative estimate of drug-likeness (QED) is 0.380. The second kappa shape index (κ2) is 12.9. The van der Waals surface area contributed by atoms with Crippen molar-refractivity contribution in [1.82, 2.24) is 15.5 Å². The van der Waals surface area contributed by atoms with Crippen LogP contribution in [0.1, 0.15) is 86.8 Å². The smallest absolute Gasteiger partial charge is 0.408 e. The van der Waals surface area contributed by atoms with Gasteiger partial charge in [-0.3, -0.25) is 9.59 Å². The SMILES string of the molecule is CC(C)CCC(C)N(C(=O)C(CO)NC(=O)OC(C)(C)C)C(C(=O)NC(C)(C)C)c1cccc(O)c1. The second-order valence-electron chi connectivity index (χ2n) is 11.7. The third-order valence-corrected chi connectivity index (χ3v) is 5.27. The van der Waals surface area contributed by atoms with Gasteiger partial charge in [0, 0.05) is 11.6 Å². The van der Waals surface area contributed by atoms with E-state index in [1.807, 2.05) is 27.7 Å². The molecule has 36 heavy (non-hydrogen) atoms. The van der Waals surface area contributed by atoms with Gasteiger partial charge in [-0.1, -0.05) is 26.0 Å². The van der Waals surface area contributed by atoms with Crippen molar-refractivity contribution in [3.8, 4) is 5.75 Å². The zero-order valence-corrected chi connectivity index (χ0v) is 23.2. The Hall–Kier alpha value is -2.81. The summed E-state index contributed by atoms with van der Waals surface area (Å²) in [5.41, 5.74) is -0.975. The lowest BCUT2D eigenvalue weighted by molar-refractivity contribution is -0.146. The van der Waals surface area contributed by atoms with Crippen molar-refractivity contribution in [2.75, 3.05) is 6.61 Å². The van der Waals surface area contributed by atoms with Crippen LogP contribution in [0.25, 0.3) is 0 Å². The molecule has 3 unspecified atom stereocenters. The molecule has 0 aliphatic carbocycles. The van der Waals surface area contributed by atoms with E-state index in [-0.39, 0.29) is 5.75 Å². The van der Waals surface area contributed by atoms with Gasteiger partial charge in [0.25, 0.3) is 0 Å². The maximum atomic E-state index is 13.9. The molecule has 0 saturated carbocycles. The highest BCUT2D eigenvalue weighted by molar-refractivity contribution is 5.92. The minimum atomic E-state index is -1.33. The van der Waals surface area contributed by atoms with Crippen molar-refractivity contribution in [2.45, 2.75) is 104 Å². The summed E-state index contributed by atoms with van der Waals surface area (Å²) in [6.45, 7) is 15.9. The number of carbonyl (C=O) groups excluding carboxylic acids is 3. The summed E-state index contributed by atoms with van der Waals surface area (Å²) in [5, 5.41) is 25.6. The van der Waals surface area contributed by atoms with Crippen molar-refractivity contribution in [3.05, 3.63) is 29.8 Å². The molecule has 0 aliphatic heterocycles. The molecule has 0 bridgehead atoms. The van der Waals surface area contributed by atoms with Crippen LogP contribution < -0.4 is 10.6 Å². The largest absolute Gasteiger partial charge is 0.508 e. The van der Waals surface area contributed by atoms with Crippen molar-refractivity contribution < 1.29 is 29.3 Å². The van der Waals surface area contributed by atoms with E-state index in [4.69, 9.17) is 4.74 Å². The van der Waals surface area contributed by atoms with Crippen LogP contribution >= 0.6 is 0 Å². The van der Waals surface area contributed by atoms with E-state index in [0.29, 0.717) is 17.9 Å². The van der Waals surface area contributed by atoms with Crippen LogP contribution in [-0.4, -0.2) is 62.9 Å². The third kappa shape index (κ3) is 10.4. The summed E-state index contributed by atoms with van der Waals surface area (Å²) in [6.07, 6.45) is 0.534. The van der Waals surface area contributed by atoms with E-state index < -0.39 is 53.8 Å². The number of amides is 3. The van der Waals surface area contributed by atoms with Gasteiger partial charge < -0.3 is 30.5 Å². The highest BCUT2D eigenvalue weighted by Gasteiger charge is 2.39. The Kier molecular flexibility index (Phi) is 11.2. The zero-order chi connectivity index (χ0) is 27.8. The topological polar surface area (TPSA) is 128 Å². The number of benzene rings is 1. The maximum absolute atomic E-state index is 13.9. The molecule has 0 heterocycles. The minimum Gasteiger partial charge on any atom is -0.508 e. The first-order chi connectivity index (χ1) is 16.4. The van der Waals surface area contributed by atoms with E-state index >= 15 is 0 Å². The van der Waals surface area contributed by atoms with Crippen LogP contribution in [-0.2, 0) is 14.3 Å². The Balaban J connectivity index is 3.55. The van der Waals surface area contributed by atoms with E-state index in [0.717, 1.165) is 6.42 Å². The van der Waals surface area contributed by atoms with Crippen molar-refractivity contribution >= 4 is 17.9 Å². The molecule has 9 heteroatoms. The number of nitrogens with one attached hydrogen (secondary N) is 2. The van der Waals surface area contributed by atoms with Gasteiger partial charge in [-0.25, -0.2) is 4.79 Å². The molecule has 0 spiro atoms. The molecule has 4 N–H and O–H groups in total. The average molecular weight is 508 g/mol. The minimum absolute atomic E-state index is 0.0473. The molecule has 1 aromatic rings. The van der Waals surface area contributed by atoms with Gasteiger partial charge in [0.15, 0.2) is 0 Å². The number of aliphatic hydroxyl groups is 1. The normalized spacial score (nSPS) is 14.5. The number of hydrogen-bond acceptors (Lipinski definition) is 6. The number of hydrogen-bond donors (Lipinski definition) is 4. The van der Waals surface area contributed by atoms with E-state index in [9.17, 15) is 24.6 Å². The number of alkyl carbamates (subject to hydrolysis) is 1. The summed E-state index contributed by atoms with van der Waals surface area (Å²) in [6, 6.07) is 3.33. The molecular formula is C27H45N3O6. The maximum Gasteiger partial charge on any atom is 0.408 e. The van der Waals surface area contributed by atoms with Crippen LogP contribution in [0.15, 0.2) is 24.3 Å². The standard InChI is InChI=1S/C27H45N3O6/c1-17(2)13-14-18(3)30(24(34)21(16-31)28-25(35)36-27(7,8)9)22(23(33)29-26(4,5)6)19-11-10-12-20(32)15-19/h10-12,15,17-18,21-22,31-32H,13-14,16H2,1-9H3,(H,28,35)(H,29,33). The molecule has 0 saturated heterocycles. The highest BCUT2D eigenvalue weighted by atomic mass is 16.6. The van der Waals surface area contributed by atoms with Gasteiger partial charge in [-0.15, -0.1) is 0 Å². The molecule has 3 amide bonds. The Bertz CT molecular complexity index is 888. The number of ether oxygens (including phenoxy) is 1. The lowest BCUT2D eigenvalue weighted by Crippen LogP contribution is -2.57. The van der Waals surface area contributed by atoms with Gasteiger partial charge in [0.1, 0.15) is 23.4 Å². The molecule has 1 aromatic carbocycles. The van der Waals surface area contributed by atoms with Gasteiger partial charge in [0.05, 0.1) is 6.61 Å². The molecule has 1 rings (SSSR count). The molecule has 0 aliphatic rings. The molecule has 0 radical (unpaired) electrons. The number of nitrogens with zero attached hydrogens (tertiary/aromatic N) is 1. The lowest BCUT2D eigenvalue weighted by atomic mass is 9.96. The molecule has 204 valence electrons. The second-order valence-corrected chi connectivity index (χ2v) is 11.7. The van der Waals surface area contributed by atoms with E-state index in [1.165, 1.54) is 17.0 Å². The van der Waals surface area contributed by atoms with Crippen LogP contribution in [0.3, 0.4) is 0 Å². The highest BCUT2D eigenvalue weighted by Crippen LogP contribution is 2.29. The molecular weight excluding hydrogens is 462 g/mol. The monoisotopic (exact) mass is 507 g/mol. The van der Waals surface area contributed by atoms with Crippen LogP contribution in [0, 0.1) is 5.92 Å². The van der Waals surface area contributed by atoms with Gasteiger partial charge >= 0.3 is 6.09 Å². The first-order valence-corrected chi connectivity index (χ1v) is 12.5. The van der Waals surface area contributed by atoms with E-state index in [1.54, 1.807) is 32.9 Å². The molecule has 9 nitrogen and oxygen atoms in total. The van der Waals surface area contributed by atoms with Crippen LogP contribution in [0.4, 0.5) is 4.79 Å². The number of phenolic OH excluding ortho intramolecular Hbond substituents is 1. The summed E-state index contributed by atoms with van der Waals surface area (Å²) < 4.78 is 5.27. The van der Waals surface area contributed by atoms with Gasteiger partial charge in [-0.2, -0.15) is 0 Å². The molecule has 3 atom stereocenters. The Morgan fingerprint density at radius 3 is 2.11 bits per heavy atom. The summed E-state index contributed by atoms with van der Waals surface area (Å²) in [7, 11) is 0. The average Bonchev–Trinajstić information content (AvgIpc) is 2.70.